The molecule has 2 aromatic carbocycles. The lowest BCUT2D eigenvalue weighted by atomic mass is 10.2. The predicted molar refractivity (Wildman–Crippen MR) is 87.9 cm³/mol. The molecule has 0 aliphatic carbocycles. The second-order valence-electron chi connectivity index (χ2n) is 5.03. The highest BCUT2D eigenvalue weighted by molar-refractivity contribution is 5.76. The maximum Gasteiger partial charge on any atom is 0.223 e. The fraction of sp³-hybridized carbons (Fsp3) is 0.278. The monoisotopic (exact) mass is 333 g/mol. The number of ether oxygens (including phenoxy) is 3. The minimum Gasteiger partial charge on any atom is -0.497 e. The average molecular weight is 333 g/mol. The van der Waals surface area contributed by atoms with E-state index in [1.807, 2.05) is 12.1 Å². The number of methoxy groups -OCH3 is 2. The summed E-state index contributed by atoms with van der Waals surface area (Å²) < 4.78 is 29.0. The van der Waals surface area contributed by atoms with Gasteiger partial charge in [0.2, 0.25) is 5.91 Å². The summed E-state index contributed by atoms with van der Waals surface area (Å²) in [5.74, 6) is 0.820. The molecule has 0 fully saturated rings. The van der Waals surface area contributed by atoms with E-state index in [1.54, 1.807) is 32.4 Å². The number of hydrogen-bond donors (Lipinski definition) is 1. The summed E-state index contributed by atoms with van der Waals surface area (Å²) in [5, 5.41) is 2.78. The van der Waals surface area contributed by atoms with Gasteiger partial charge in [0, 0.05) is 12.6 Å². The third-order valence-electron chi connectivity index (χ3n) is 3.32. The number of halogens is 1. The van der Waals surface area contributed by atoms with Crippen molar-refractivity contribution in [1.29, 1.82) is 0 Å². The normalized spacial score (nSPS) is 10.1. The molecule has 2 aromatic rings. The van der Waals surface area contributed by atoms with E-state index < -0.39 is 5.82 Å². The summed E-state index contributed by atoms with van der Waals surface area (Å²) in [6, 6.07) is 11.5. The zero-order valence-electron chi connectivity index (χ0n) is 13.7. The molecule has 0 unspecified atom stereocenters. The van der Waals surface area contributed by atoms with Gasteiger partial charge in [-0.25, -0.2) is 4.39 Å². The zero-order chi connectivity index (χ0) is 17.4. The first-order valence-corrected chi connectivity index (χ1v) is 7.48. The van der Waals surface area contributed by atoms with Crippen molar-refractivity contribution in [3.05, 3.63) is 53.8 Å². The van der Waals surface area contributed by atoms with E-state index >= 15 is 0 Å². The topological polar surface area (TPSA) is 56.8 Å². The zero-order valence-corrected chi connectivity index (χ0v) is 13.7. The number of benzene rings is 2. The summed E-state index contributed by atoms with van der Waals surface area (Å²) in [5.41, 5.74) is 0.856. The molecule has 1 amide bonds. The van der Waals surface area contributed by atoms with Crippen molar-refractivity contribution in [3.8, 4) is 17.2 Å². The molecule has 0 aromatic heterocycles. The van der Waals surface area contributed by atoms with Gasteiger partial charge in [-0.05, 0) is 29.8 Å². The minimum atomic E-state index is -0.443. The first-order chi connectivity index (χ1) is 11.6. The van der Waals surface area contributed by atoms with E-state index in [-0.39, 0.29) is 24.7 Å². The molecular formula is C18H20FNO4. The van der Waals surface area contributed by atoms with Crippen LogP contribution in [-0.4, -0.2) is 26.7 Å². The lowest BCUT2D eigenvalue weighted by Gasteiger charge is -2.10. The summed E-state index contributed by atoms with van der Waals surface area (Å²) in [4.78, 5) is 11.9. The van der Waals surface area contributed by atoms with Crippen LogP contribution < -0.4 is 19.5 Å². The standard InChI is InChI=1S/C18H20FNO4/c1-22-14-9-13(10-15(11-14)23-2)12-20-18(21)7-8-24-17-6-4-3-5-16(17)19/h3-6,9-11H,7-8,12H2,1-2H3,(H,20,21). The number of para-hydroxylation sites is 1. The Hall–Kier alpha value is -2.76. The molecule has 0 aliphatic heterocycles. The number of carbonyl (C=O) groups excluding carboxylic acids is 1. The SMILES string of the molecule is COc1cc(CNC(=O)CCOc2ccccc2F)cc(OC)c1. The van der Waals surface area contributed by atoms with Gasteiger partial charge in [0.25, 0.3) is 0 Å². The Morgan fingerprint density at radius 1 is 1.08 bits per heavy atom. The van der Waals surface area contributed by atoms with Gasteiger partial charge in [0.1, 0.15) is 11.5 Å². The number of rotatable bonds is 8. The fourth-order valence-corrected chi connectivity index (χ4v) is 2.07. The molecule has 0 saturated heterocycles. The first-order valence-electron chi connectivity index (χ1n) is 7.48. The summed E-state index contributed by atoms with van der Waals surface area (Å²) in [6.07, 6.45) is 0.134. The molecule has 0 aliphatic rings. The van der Waals surface area contributed by atoms with Gasteiger partial charge in [-0.2, -0.15) is 0 Å². The Morgan fingerprint density at radius 2 is 1.75 bits per heavy atom. The van der Waals surface area contributed by atoms with Crippen molar-refractivity contribution in [1.82, 2.24) is 5.32 Å². The van der Waals surface area contributed by atoms with Crippen LogP contribution >= 0.6 is 0 Å². The number of hydrogen-bond acceptors (Lipinski definition) is 4. The molecule has 0 heterocycles. The Morgan fingerprint density at radius 3 is 2.38 bits per heavy atom. The summed E-state index contributed by atoms with van der Waals surface area (Å²) in [7, 11) is 3.13. The predicted octanol–water partition coefficient (Wildman–Crippen LogP) is 2.93. The van der Waals surface area contributed by atoms with Crippen LogP contribution in [0.15, 0.2) is 42.5 Å². The maximum atomic E-state index is 13.4. The first kappa shape index (κ1) is 17.6. The van der Waals surface area contributed by atoms with Crippen LogP contribution in [0.25, 0.3) is 0 Å². The van der Waals surface area contributed by atoms with E-state index in [4.69, 9.17) is 14.2 Å². The Labute approximate surface area is 140 Å². The van der Waals surface area contributed by atoms with Crippen LogP contribution in [-0.2, 0) is 11.3 Å². The van der Waals surface area contributed by atoms with Crippen molar-refractivity contribution in [2.45, 2.75) is 13.0 Å². The van der Waals surface area contributed by atoms with Crippen LogP contribution in [0.1, 0.15) is 12.0 Å². The second-order valence-corrected chi connectivity index (χ2v) is 5.03. The molecule has 0 bridgehead atoms. The van der Waals surface area contributed by atoms with Gasteiger partial charge in [-0.3, -0.25) is 4.79 Å². The van der Waals surface area contributed by atoms with E-state index in [1.165, 1.54) is 12.1 Å². The van der Waals surface area contributed by atoms with E-state index in [0.717, 1.165) is 5.56 Å². The lowest BCUT2D eigenvalue weighted by molar-refractivity contribution is -0.121. The molecule has 0 atom stereocenters. The van der Waals surface area contributed by atoms with Crippen molar-refractivity contribution in [2.24, 2.45) is 0 Å². The van der Waals surface area contributed by atoms with Crippen molar-refractivity contribution in [3.63, 3.8) is 0 Å². The van der Waals surface area contributed by atoms with Crippen molar-refractivity contribution >= 4 is 5.91 Å². The third kappa shape index (κ3) is 5.15. The molecule has 0 radical (unpaired) electrons. The van der Waals surface area contributed by atoms with Gasteiger partial charge in [0.05, 0.1) is 27.2 Å². The molecule has 0 spiro atoms. The quantitative estimate of drug-likeness (QED) is 0.807. The number of nitrogens with one attached hydrogen (secondary N) is 1. The molecule has 6 heteroatoms. The van der Waals surface area contributed by atoms with Gasteiger partial charge >= 0.3 is 0 Å². The third-order valence-corrected chi connectivity index (χ3v) is 3.32. The fourth-order valence-electron chi connectivity index (χ4n) is 2.07. The molecule has 5 nitrogen and oxygen atoms in total. The van der Waals surface area contributed by atoms with Crippen LogP contribution in [0.3, 0.4) is 0 Å². The summed E-state index contributed by atoms with van der Waals surface area (Å²) >= 11 is 0. The molecule has 2 rings (SSSR count). The lowest BCUT2D eigenvalue weighted by Crippen LogP contribution is -2.24. The van der Waals surface area contributed by atoms with Crippen LogP contribution in [0.2, 0.25) is 0 Å². The average Bonchev–Trinajstić information content (AvgIpc) is 2.61. The highest BCUT2D eigenvalue weighted by atomic mass is 19.1. The molecule has 0 saturated carbocycles. The van der Waals surface area contributed by atoms with Crippen molar-refractivity contribution in [2.75, 3.05) is 20.8 Å². The van der Waals surface area contributed by atoms with Gasteiger partial charge in [0.15, 0.2) is 11.6 Å². The van der Waals surface area contributed by atoms with Crippen molar-refractivity contribution < 1.29 is 23.4 Å². The Kier molecular flexibility index (Phi) is 6.42. The van der Waals surface area contributed by atoms with E-state index in [9.17, 15) is 9.18 Å². The van der Waals surface area contributed by atoms with Crippen LogP contribution in [0, 0.1) is 5.82 Å². The van der Waals surface area contributed by atoms with Gasteiger partial charge < -0.3 is 19.5 Å². The number of carbonyl (C=O) groups is 1. The molecule has 128 valence electrons. The minimum absolute atomic E-state index is 0.105. The van der Waals surface area contributed by atoms with E-state index in [2.05, 4.69) is 5.32 Å². The Balaban J connectivity index is 1.80. The second kappa shape index (κ2) is 8.76. The number of amides is 1. The Bertz CT molecular complexity index is 668. The van der Waals surface area contributed by atoms with E-state index in [0.29, 0.717) is 18.0 Å². The summed E-state index contributed by atoms with van der Waals surface area (Å²) in [6.45, 7) is 0.445. The highest BCUT2D eigenvalue weighted by Gasteiger charge is 2.06. The van der Waals surface area contributed by atoms with Crippen LogP contribution in [0.4, 0.5) is 4.39 Å². The highest BCUT2D eigenvalue weighted by Crippen LogP contribution is 2.22. The molecule has 1 N–H and O–H groups in total. The molecular weight excluding hydrogens is 313 g/mol. The smallest absolute Gasteiger partial charge is 0.223 e. The molecule has 24 heavy (non-hydrogen) atoms. The largest absolute Gasteiger partial charge is 0.497 e. The maximum absolute atomic E-state index is 13.4. The van der Waals surface area contributed by atoms with Gasteiger partial charge in [-0.15, -0.1) is 0 Å². The van der Waals surface area contributed by atoms with Gasteiger partial charge in [-0.1, -0.05) is 12.1 Å². The van der Waals surface area contributed by atoms with Crippen LogP contribution in [0.5, 0.6) is 17.2 Å².